The highest BCUT2D eigenvalue weighted by Gasteiger charge is 2.37. The number of benzene rings is 1. The van der Waals surface area contributed by atoms with Gasteiger partial charge in [0.1, 0.15) is 5.76 Å². The van der Waals surface area contributed by atoms with Crippen LogP contribution in [-0.4, -0.2) is 6.61 Å². The second-order valence-electron chi connectivity index (χ2n) is 4.07. The maximum atomic E-state index is 12.6. The van der Waals surface area contributed by atoms with E-state index in [1.165, 1.54) is 0 Å². The van der Waals surface area contributed by atoms with Crippen LogP contribution in [0.1, 0.15) is 30.0 Å². The van der Waals surface area contributed by atoms with E-state index in [1.54, 1.807) is 6.92 Å². The molecule has 0 saturated carbocycles. The summed E-state index contributed by atoms with van der Waals surface area (Å²) >= 11 is 0. The van der Waals surface area contributed by atoms with Crippen LogP contribution in [0, 0.1) is 0 Å². The molecule has 0 radical (unpaired) electrons. The fourth-order valence-electron chi connectivity index (χ4n) is 1.42. The lowest BCUT2D eigenvalue weighted by molar-refractivity contribution is -0.143. The summed E-state index contributed by atoms with van der Waals surface area (Å²) in [5.41, 5.74) is -3.10. The average molecular weight is 298 g/mol. The quantitative estimate of drug-likeness (QED) is 0.553. The third-order valence-electron chi connectivity index (χ3n) is 2.39. The van der Waals surface area contributed by atoms with Crippen molar-refractivity contribution in [1.29, 1.82) is 0 Å². The highest BCUT2D eigenvalue weighted by molar-refractivity contribution is 5.59. The molecule has 0 atom stereocenters. The molecule has 0 aliphatic rings. The number of hydrogen-bond donors (Lipinski definition) is 0. The molecule has 0 fully saturated rings. The number of rotatable bonds is 4. The van der Waals surface area contributed by atoms with Gasteiger partial charge in [-0.2, -0.15) is 26.3 Å². The lowest BCUT2D eigenvalue weighted by Crippen LogP contribution is -2.12. The van der Waals surface area contributed by atoms with Crippen LogP contribution in [0.4, 0.5) is 26.3 Å². The van der Waals surface area contributed by atoms with Crippen molar-refractivity contribution >= 4 is 5.76 Å². The number of alkyl halides is 6. The van der Waals surface area contributed by atoms with E-state index in [4.69, 9.17) is 4.74 Å². The summed E-state index contributed by atoms with van der Waals surface area (Å²) in [5.74, 6) is -0.219. The second-order valence-corrected chi connectivity index (χ2v) is 4.07. The van der Waals surface area contributed by atoms with Crippen LogP contribution < -0.4 is 0 Å². The van der Waals surface area contributed by atoms with Gasteiger partial charge in [0.15, 0.2) is 0 Å². The van der Waals surface area contributed by atoms with Crippen LogP contribution >= 0.6 is 0 Å². The highest BCUT2D eigenvalue weighted by atomic mass is 19.4. The van der Waals surface area contributed by atoms with E-state index in [0.29, 0.717) is 18.6 Å². The van der Waals surface area contributed by atoms with E-state index in [9.17, 15) is 26.3 Å². The van der Waals surface area contributed by atoms with E-state index in [0.717, 1.165) is 0 Å². The molecule has 0 unspecified atom stereocenters. The minimum Gasteiger partial charge on any atom is -0.494 e. The van der Waals surface area contributed by atoms with Gasteiger partial charge in [0.2, 0.25) is 0 Å². The summed E-state index contributed by atoms with van der Waals surface area (Å²) in [6.07, 6.45) is -9.19. The molecule has 0 N–H and O–H groups in total. The second kappa shape index (κ2) is 5.76. The number of hydrogen-bond acceptors (Lipinski definition) is 1. The number of halogens is 6. The van der Waals surface area contributed by atoms with E-state index in [-0.39, 0.29) is 24.0 Å². The Morgan fingerprint density at radius 1 is 1.00 bits per heavy atom. The first-order chi connectivity index (χ1) is 9.05. The summed E-state index contributed by atoms with van der Waals surface area (Å²) in [6, 6.07) is 1.25. The summed E-state index contributed by atoms with van der Waals surface area (Å²) in [7, 11) is 0. The predicted octanol–water partition coefficient (Wildman–Crippen LogP) is 5.12. The molecule has 0 amide bonds. The van der Waals surface area contributed by atoms with Gasteiger partial charge in [-0.3, -0.25) is 0 Å². The van der Waals surface area contributed by atoms with Crippen LogP contribution in [-0.2, 0) is 17.1 Å². The van der Waals surface area contributed by atoms with Crippen LogP contribution in [0.15, 0.2) is 24.8 Å². The zero-order valence-electron chi connectivity index (χ0n) is 10.5. The maximum absolute atomic E-state index is 12.6. The molecule has 0 aromatic heterocycles. The van der Waals surface area contributed by atoms with E-state index in [2.05, 4.69) is 6.58 Å². The molecule has 0 aliphatic carbocycles. The average Bonchev–Trinajstić information content (AvgIpc) is 2.33. The molecule has 0 saturated heterocycles. The Morgan fingerprint density at radius 3 is 1.80 bits per heavy atom. The van der Waals surface area contributed by atoms with Gasteiger partial charge < -0.3 is 4.74 Å². The van der Waals surface area contributed by atoms with Crippen molar-refractivity contribution in [2.75, 3.05) is 6.61 Å². The predicted molar refractivity (Wildman–Crippen MR) is 61.7 cm³/mol. The van der Waals surface area contributed by atoms with Gasteiger partial charge in [0.25, 0.3) is 0 Å². The third-order valence-corrected chi connectivity index (χ3v) is 2.39. The molecule has 0 heterocycles. The van der Waals surface area contributed by atoms with Crippen LogP contribution in [0.25, 0.3) is 5.76 Å². The Labute approximate surface area is 111 Å². The van der Waals surface area contributed by atoms with Crippen molar-refractivity contribution in [1.82, 2.24) is 0 Å². The monoisotopic (exact) mass is 298 g/mol. The number of ether oxygens (including phenoxy) is 1. The van der Waals surface area contributed by atoms with Gasteiger partial charge >= 0.3 is 12.4 Å². The van der Waals surface area contributed by atoms with Crippen LogP contribution in [0.5, 0.6) is 0 Å². The third kappa shape index (κ3) is 4.18. The lowest BCUT2D eigenvalue weighted by atomic mass is 10.0. The standard InChI is InChI=1S/C13H12F6O/c1-3-4-20-8(2)9-5-10(12(14,15)16)7-11(6-9)13(17,18)19/h5-7H,2-4H2,1H3. The fraction of sp³-hybridized carbons (Fsp3) is 0.385. The lowest BCUT2D eigenvalue weighted by Gasteiger charge is -2.15. The topological polar surface area (TPSA) is 9.23 Å². The molecule has 1 rings (SSSR count). The molecular weight excluding hydrogens is 286 g/mol. The van der Waals surface area contributed by atoms with E-state index in [1.807, 2.05) is 0 Å². The van der Waals surface area contributed by atoms with Crippen molar-refractivity contribution < 1.29 is 31.1 Å². The Kier molecular flexibility index (Phi) is 4.73. The van der Waals surface area contributed by atoms with E-state index < -0.39 is 23.5 Å². The molecule has 0 bridgehead atoms. The normalized spacial score (nSPS) is 12.3. The molecule has 1 aromatic rings. The van der Waals surface area contributed by atoms with Gasteiger partial charge in [0, 0.05) is 5.56 Å². The molecule has 0 spiro atoms. The van der Waals surface area contributed by atoms with Crippen LogP contribution in [0.2, 0.25) is 0 Å². The molecule has 1 nitrogen and oxygen atoms in total. The molecular formula is C13H12F6O. The summed E-state index contributed by atoms with van der Waals surface area (Å²) in [6.45, 7) is 5.27. The van der Waals surface area contributed by atoms with Crippen molar-refractivity contribution in [3.05, 3.63) is 41.5 Å². The first-order valence-electron chi connectivity index (χ1n) is 5.67. The molecule has 7 heteroatoms. The molecule has 1 aromatic carbocycles. The first kappa shape index (κ1) is 16.4. The minimum atomic E-state index is -4.87. The van der Waals surface area contributed by atoms with Crippen molar-refractivity contribution in [3.8, 4) is 0 Å². The Hall–Kier alpha value is -1.66. The minimum absolute atomic E-state index is 0.0661. The van der Waals surface area contributed by atoms with E-state index >= 15 is 0 Å². The van der Waals surface area contributed by atoms with Crippen molar-refractivity contribution in [2.45, 2.75) is 25.7 Å². The SMILES string of the molecule is C=C(OCCC)c1cc(C(F)(F)F)cc(C(F)(F)F)c1. The Bertz CT molecular complexity index is 454. The Morgan fingerprint density at radius 2 is 1.45 bits per heavy atom. The summed E-state index contributed by atoms with van der Waals surface area (Å²) < 4.78 is 80.7. The zero-order chi connectivity index (χ0) is 15.6. The maximum Gasteiger partial charge on any atom is 0.416 e. The van der Waals surface area contributed by atoms with Gasteiger partial charge in [0.05, 0.1) is 17.7 Å². The Balaban J connectivity index is 3.27. The van der Waals surface area contributed by atoms with Crippen molar-refractivity contribution in [2.24, 2.45) is 0 Å². The van der Waals surface area contributed by atoms with Gasteiger partial charge in [-0.1, -0.05) is 13.5 Å². The molecule has 20 heavy (non-hydrogen) atoms. The highest BCUT2D eigenvalue weighted by Crippen LogP contribution is 2.37. The summed E-state index contributed by atoms with van der Waals surface area (Å²) in [5, 5.41) is 0. The van der Waals surface area contributed by atoms with Gasteiger partial charge in [-0.15, -0.1) is 0 Å². The van der Waals surface area contributed by atoms with Crippen molar-refractivity contribution in [3.63, 3.8) is 0 Å². The van der Waals surface area contributed by atoms with Crippen LogP contribution in [0.3, 0.4) is 0 Å². The zero-order valence-corrected chi connectivity index (χ0v) is 10.5. The fourth-order valence-corrected chi connectivity index (χ4v) is 1.42. The smallest absolute Gasteiger partial charge is 0.416 e. The molecule has 112 valence electrons. The van der Waals surface area contributed by atoms with Gasteiger partial charge in [-0.25, -0.2) is 0 Å². The largest absolute Gasteiger partial charge is 0.494 e. The molecule has 0 aliphatic heterocycles. The van der Waals surface area contributed by atoms with Gasteiger partial charge in [-0.05, 0) is 24.6 Å². The summed E-state index contributed by atoms with van der Waals surface area (Å²) in [4.78, 5) is 0. The first-order valence-corrected chi connectivity index (χ1v) is 5.67.